The Morgan fingerprint density at radius 1 is 0.344 bits per heavy atom. The van der Waals surface area contributed by atoms with Crippen molar-refractivity contribution in [2.45, 2.75) is 0 Å². The maximum atomic E-state index is 7.75. The predicted molar refractivity (Wildman–Crippen MR) is 248 cm³/mol. The smallest absolute Gasteiger partial charge is 0.188 e. The van der Waals surface area contributed by atoms with Gasteiger partial charge in [-0.1, -0.05) is 164 Å². The molecule has 11 rings (SSSR count). The van der Waals surface area contributed by atoms with Gasteiger partial charge in [0.05, 0.1) is 23.1 Å². The van der Waals surface area contributed by atoms with Crippen molar-refractivity contribution < 1.29 is 0 Å². The van der Waals surface area contributed by atoms with Crippen LogP contribution in [-0.4, -0.2) is 24.5 Å². The third-order valence-electron chi connectivity index (χ3n) is 11.3. The zero-order chi connectivity index (χ0) is 40.7. The fourth-order valence-electron chi connectivity index (χ4n) is 8.15. The Balaban J connectivity index is 0.981. The van der Waals surface area contributed by atoms with Gasteiger partial charge in [0.15, 0.2) is 23.2 Å². The van der Waals surface area contributed by atoms with E-state index >= 15 is 0 Å². The molecule has 0 amide bonds. The van der Waals surface area contributed by atoms with Crippen molar-refractivity contribution in [3.05, 3.63) is 218 Å². The van der Waals surface area contributed by atoms with Crippen LogP contribution in [0.2, 0.25) is 0 Å². The first-order chi connectivity index (χ1) is 30.1. The van der Waals surface area contributed by atoms with Crippen LogP contribution in [0.4, 0.5) is 5.69 Å². The van der Waals surface area contributed by atoms with Gasteiger partial charge in [-0.15, -0.1) is 0 Å². The zero-order valence-corrected chi connectivity index (χ0v) is 32.8. The van der Waals surface area contributed by atoms with Crippen LogP contribution in [0.25, 0.3) is 111 Å². The first-order valence-corrected chi connectivity index (χ1v) is 20.2. The van der Waals surface area contributed by atoms with Crippen molar-refractivity contribution in [1.82, 2.24) is 24.5 Å². The molecule has 3 aromatic heterocycles. The van der Waals surface area contributed by atoms with Gasteiger partial charge in [-0.05, 0) is 81.2 Å². The van der Waals surface area contributed by atoms with Crippen molar-refractivity contribution in [2.75, 3.05) is 0 Å². The number of pyridine rings is 1. The molecule has 8 aromatic carbocycles. The molecule has 0 unspecified atom stereocenters. The molecule has 3 heterocycles. The average molecular weight is 779 g/mol. The summed E-state index contributed by atoms with van der Waals surface area (Å²) < 4.78 is 2.19. The van der Waals surface area contributed by atoms with Gasteiger partial charge in [-0.25, -0.2) is 24.8 Å². The van der Waals surface area contributed by atoms with Gasteiger partial charge in [-0.3, -0.25) is 4.57 Å². The van der Waals surface area contributed by atoms with Gasteiger partial charge in [0.25, 0.3) is 0 Å². The summed E-state index contributed by atoms with van der Waals surface area (Å²) in [6.07, 6.45) is 0. The van der Waals surface area contributed by atoms with Crippen LogP contribution >= 0.6 is 0 Å². The van der Waals surface area contributed by atoms with E-state index in [0.29, 0.717) is 23.2 Å². The molecule has 0 fully saturated rings. The lowest BCUT2D eigenvalue weighted by molar-refractivity contribution is 1.07. The molecule has 0 saturated heterocycles. The SMILES string of the molecule is [C-]#[N+]c1ccc2c(c1)c1cc(-c3ccc(-c4nc(-c5ccc(-c6ccccc6)cc5)nc(-c5ccc(-c6ccccc6)cc5)n4)cc3)ccc1n2-c1ccc2ccccc2n1. The van der Waals surface area contributed by atoms with E-state index in [1.165, 1.54) is 0 Å². The Labute approximate surface area is 352 Å². The molecule has 0 atom stereocenters. The third kappa shape index (κ3) is 6.67. The highest BCUT2D eigenvalue weighted by Crippen LogP contribution is 2.37. The van der Waals surface area contributed by atoms with Gasteiger partial charge in [-0.2, -0.15) is 0 Å². The van der Waals surface area contributed by atoms with E-state index in [4.69, 9.17) is 26.5 Å². The molecular formula is C55H34N6. The Kier molecular flexibility index (Phi) is 8.76. The normalized spacial score (nSPS) is 11.3. The van der Waals surface area contributed by atoms with Gasteiger partial charge in [0.2, 0.25) is 0 Å². The van der Waals surface area contributed by atoms with Crippen molar-refractivity contribution >= 4 is 38.4 Å². The summed E-state index contributed by atoms with van der Waals surface area (Å²) >= 11 is 0. The van der Waals surface area contributed by atoms with Crippen LogP contribution in [0.1, 0.15) is 0 Å². The van der Waals surface area contributed by atoms with Gasteiger partial charge < -0.3 is 0 Å². The monoisotopic (exact) mass is 778 g/mol. The Morgan fingerprint density at radius 2 is 0.770 bits per heavy atom. The lowest BCUT2D eigenvalue weighted by Gasteiger charge is -2.11. The molecule has 284 valence electrons. The lowest BCUT2D eigenvalue weighted by atomic mass is 10.0. The van der Waals surface area contributed by atoms with Gasteiger partial charge in [0.1, 0.15) is 5.82 Å². The van der Waals surface area contributed by atoms with Crippen LogP contribution in [-0.2, 0) is 0 Å². The first-order valence-electron chi connectivity index (χ1n) is 20.2. The molecule has 11 aromatic rings. The fraction of sp³-hybridized carbons (Fsp3) is 0. The summed E-state index contributed by atoms with van der Waals surface area (Å²) in [5.74, 6) is 2.65. The van der Waals surface area contributed by atoms with Crippen LogP contribution in [0.5, 0.6) is 0 Å². The second kappa shape index (κ2) is 15.0. The zero-order valence-electron chi connectivity index (χ0n) is 32.8. The third-order valence-corrected chi connectivity index (χ3v) is 11.3. The van der Waals surface area contributed by atoms with E-state index in [-0.39, 0.29) is 0 Å². The Hall–Kier alpha value is -8.53. The number of rotatable bonds is 7. The van der Waals surface area contributed by atoms with Gasteiger partial charge >= 0.3 is 0 Å². The van der Waals surface area contributed by atoms with Gasteiger partial charge in [0, 0.05) is 27.5 Å². The minimum Gasteiger partial charge on any atom is -0.294 e. The van der Waals surface area contributed by atoms with E-state index < -0.39 is 0 Å². The second-order valence-corrected chi connectivity index (χ2v) is 15.0. The number of aromatic nitrogens is 5. The minimum atomic E-state index is 0.596. The highest BCUT2D eigenvalue weighted by Gasteiger charge is 2.17. The van der Waals surface area contributed by atoms with Crippen molar-refractivity contribution in [2.24, 2.45) is 0 Å². The fourth-order valence-corrected chi connectivity index (χ4v) is 8.15. The Bertz CT molecular complexity index is 3340. The molecular weight excluding hydrogens is 745 g/mol. The first kappa shape index (κ1) is 35.6. The molecule has 61 heavy (non-hydrogen) atoms. The molecule has 0 spiro atoms. The molecule has 0 aliphatic rings. The van der Waals surface area contributed by atoms with E-state index in [2.05, 4.69) is 167 Å². The quantitative estimate of drug-likeness (QED) is 0.151. The van der Waals surface area contributed by atoms with E-state index in [0.717, 1.165) is 88.6 Å². The summed E-state index contributed by atoms with van der Waals surface area (Å²) in [4.78, 5) is 24.0. The maximum absolute atomic E-state index is 7.75. The standard InChI is InChI=1S/C55H34N6/c1-56-46-30-32-51-48(35-46)47-34-45(28-31-50(47)61(51)52-33-29-41-14-8-9-15-49(41)57-52)40-20-26-44(27-21-40)55-59-53(42-22-16-38(17-23-42)36-10-4-2-5-11-36)58-54(60-55)43-24-18-39(19-25-43)37-12-6-3-7-13-37/h2-35H. The average Bonchev–Trinajstić information content (AvgIpc) is 3.67. The van der Waals surface area contributed by atoms with Crippen LogP contribution in [0.3, 0.4) is 0 Å². The molecule has 0 radical (unpaired) electrons. The van der Waals surface area contributed by atoms with E-state index in [9.17, 15) is 0 Å². The highest BCUT2D eigenvalue weighted by molar-refractivity contribution is 6.11. The topological polar surface area (TPSA) is 60.9 Å². The largest absolute Gasteiger partial charge is 0.294 e. The molecule has 6 heteroatoms. The number of hydrogen-bond donors (Lipinski definition) is 0. The number of benzene rings is 8. The summed E-state index contributed by atoms with van der Waals surface area (Å²) in [5.41, 5.74) is 13.0. The van der Waals surface area contributed by atoms with E-state index in [1.54, 1.807) is 0 Å². The highest BCUT2D eigenvalue weighted by atomic mass is 15.1. The Morgan fingerprint density at radius 3 is 1.31 bits per heavy atom. The summed E-state index contributed by atoms with van der Waals surface area (Å²) in [6.45, 7) is 7.75. The maximum Gasteiger partial charge on any atom is 0.188 e. The molecule has 0 N–H and O–H groups in total. The summed E-state index contributed by atoms with van der Waals surface area (Å²) in [6, 6.07) is 70.7. The van der Waals surface area contributed by atoms with Crippen LogP contribution in [0, 0.1) is 6.57 Å². The van der Waals surface area contributed by atoms with Crippen LogP contribution in [0.15, 0.2) is 206 Å². The van der Waals surface area contributed by atoms with Crippen molar-refractivity contribution in [3.8, 4) is 73.4 Å². The molecule has 6 nitrogen and oxygen atoms in total. The number of fused-ring (bicyclic) bond motifs is 4. The number of nitrogens with zero attached hydrogens (tertiary/aromatic N) is 6. The summed E-state index contributed by atoms with van der Waals surface area (Å²) in [7, 11) is 0. The molecule has 0 bridgehead atoms. The lowest BCUT2D eigenvalue weighted by Crippen LogP contribution is -2.00. The number of hydrogen-bond acceptors (Lipinski definition) is 4. The van der Waals surface area contributed by atoms with Crippen molar-refractivity contribution in [3.63, 3.8) is 0 Å². The van der Waals surface area contributed by atoms with Crippen LogP contribution < -0.4 is 0 Å². The summed E-state index contributed by atoms with van der Waals surface area (Å²) in [5, 5.41) is 3.16. The van der Waals surface area contributed by atoms with Crippen molar-refractivity contribution in [1.29, 1.82) is 0 Å². The second-order valence-electron chi connectivity index (χ2n) is 15.0. The minimum absolute atomic E-state index is 0.596. The molecule has 0 aliphatic heterocycles. The number of para-hydroxylation sites is 1. The van der Waals surface area contributed by atoms with E-state index in [1.807, 2.05) is 48.5 Å². The molecule has 0 aliphatic carbocycles. The predicted octanol–water partition coefficient (Wildman–Crippen LogP) is 14.1. The molecule has 0 saturated carbocycles.